The second kappa shape index (κ2) is 3.53. The van der Waals surface area contributed by atoms with Gasteiger partial charge in [0.05, 0.1) is 0 Å². The molecule has 1 fully saturated rings. The van der Waals surface area contributed by atoms with Gasteiger partial charge in [0, 0.05) is 12.1 Å². The molecule has 6 heteroatoms. The molecule has 2 unspecified atom stereocenters. The van der Waals surface area contributed by atoms with Crippen LogP contribution in [0, 0.1) is 0 Å². The molecule has 0 aromatic rings. The summed E-state index contributed by atoms with van der Waals surface area (Å²) in [5.41, 5.74) is 0. The number of rotatable bonds is 1. The van der Waals surface area contributed by atoms with E-state index in [0.29, 0.717) is 13.0 Å². The minimum atomic E-state index is -4.78. The van der Waals surface area contributed by atoms with E-state index in [1.807, 2.05) is 5.32 Å². The first-order chi connectivity index (χ1) is 5.91. The Kier molecular flexibility index (Phi) is 2.80. The van der Waals surface area contributed by atoms with Gasteiger partial charge in [-0.3, -0.25) is 4.79 Å². The fourth-order valence-electron chi connectivity index (χ4n) is 1.31. The van der Waals surface area contributed by atoms with Crippen LogP contribution >= 0.6 is 0 Å². The fraction of sp³-hybridized carbons (Fsp3) is 0.857. The van der Waals surface area contributed by atoms with Crippen molar-refractivity contribution in [1.29, 1.82) is 0 Å². The number of hydrogen-bond donors (Lipinski definition) is 2. The third-order valence-corrected chi connectivity index (χ3v) is 2.10. The number of carbonyl (C=O) groups excluding carboxylic acids is 1. The molecule has 0 radical (unpaired) electrons. The molecule has 0 aliphatic carbocycles. The first kappa shape index (κ1) is 10.3. The third-order valence-electron chi connectivity index (χ3n) is 2.10. The van der Waals surface area contributed by atoms with Crippen LogP contribution in [0.25, 0.3) is 0 Å². The summed E-state index contributed by atoms with van der Waals surface area (Å²) in [6.07, 6.45) is -4.23. The molecule has 0 bridgehead atoms. The van der Waals surface area contributed by atoms with Crippen LogP contribution in [0.5, 0.6) is 0 Å². The molecule has 1 rings (SSSR count). The van der Waals surface area contributed by atoms with Crippen molar-refractivity contribution in [2.45, 2.75) is 31.6 Å². The molecule has 1 saturated heterocycles. The maximum atomic E-state index is 11.8. The number of nitrogens with one attached hydrogen (secondary N) is 2. The summed E-state index contributed by atoms with van der Waals surface area (Å²) in [5, 5.41) is 4.89. The van der Waals surface area contributed by atoms with E-state index in [1.54, 1.807) is 6.92 Å². The first-order valence-electron chi connectivity index (χ1n) is 4.02. The van der Waals surface area contributed by atoms with Crippen molar-refractivity contribution >= 4 is 5.91 Å². The molecule has 1 amide bonds. The lowest BCUT2D eigenvalue weighted by molar-refractivity contribution is -0.174. The topological polar surface area (TPSA) is 41.1 Å². The van der Waals surface area contributed by atoms with Gasteiger partial charge in [0.25, 0.3) is 0 Å². The number of hydrogen-bond acceptors (Lipinski definition) is 2. The zero-order valence-corrected chi connectivity index (χ0v) is 7.11. The van der Waals surface area contributed by atoms with E-state index in [-0.39, 0.29) is 6.04 Å². The highest BCUT2D eigenvalue weighted by atomic mass is 19.4. The lowest BCUT2D eigenvalue weighted by Gasteiger charge is -2.17. The van der Waals surface area contributed by atoms with Crippen LogP contribution in [0.2, 0.25) is 0 Å². The van der Waals surface area contributed by atoms with E-state index in [0.717, 1.165) is 0 Å². The molecule has 2 N–H and O–H groups in total. The van der Waals surface area contributed by atoms with Gasteiger partial charge in [-0.15, -0.1) is 0 Å². The first-order valence-corrected chi connectivity index (χ1v) is 4.02. The molecule has 3 nitrogen and oxygen atoms in total. The van der Waals surface area contributed by atoms with Crippen LogP contribution < -0.4 is 10.6 Å². The average Bonchev–Trinajstić information content (AvgIpc) is 2.34. The van der Waals surface area contributed by atoms with Gasteiger partial charge in [-0.05, 0) is 19.9 Å². The summed E-state index contributed by atoms with van der Waals surface area (Å²) in [5.74, 6) is -1.85. The highest BCUT2D eigenvalue weighted by Gasteiger charge is 2.40. The van der Waals surface area contributed by atoms with Gasteiger partial charge >= 0.3 is 12.1 Å². The van der Waals surface area contributed by atoms with Gasteiger partial charge < -0.3 is 10.6 Å². The molecule has 2 atom stereocenters. The van der Waals surface area contributed by atoms with Gasteiger partial charge in [-0.1, -0.05) is 0 Å². The molecular formula is C7H11F3N2O. The van der Waals surface area contributed by atoms with E-state index in [2.05, 4.69) is 5.32 Å². The smallest absolute Gasteiger partial charge is 0.344 e. The molecule has 0 aromatic heterocycles. The van der Waals surface area contributed by atoms with E-state index in [1.165, 1.54) is 0 Å². The SMILES string of the molecule is CC1NCCC1NC(=O)C(F)(F)F. The number of halogens is 3. The summed E-state index contributed by atoms with van der Waals surface area (Å²) in [4.78, 5) is 10.5. The quantitative estimate of drug-likeness (QED) is 0.638. The Morgan fingerprint density at radius 2 is 2.15 bits per heavy atom. The van der Waals surface area contributed by atoms with Crippen molar-refractivity contribution in [3.05, 3.63) is 0 Å². The predicted molar refractivity (Wildman–Crippen MR) is 40.1 cm³/mol. The molecule has 13 heavy (non-hydrogen) atoms. The lowest BCUT2D eigenvalue weighted by atomic mass is 10.1. The van der Waals surface area contributed by atoms with E-state index < -0.39 is 18.1 Å². The Morgan fingerprint density at radius 1 is 1.54 bits per heavy atom. The Morgan fingerprint density at radius 3 is 2.54 bits per heavy atom. The Bertz CT molecular complexity index is 204. The zero-order chi connectivity index (χ0) is 10.1. The van der Waals surface area contributed by atoms with Crippen LogP contribution in [0.3, 0.4) is 0 Å². The van der Waals surface area contributed by atoms with E-state index >= 15 is 0 Å². The molecule has 1 aliphatic heterocycles. The van der Waals surface area contributed by atoms with Gasteiger partial charge in [0.2, 0.25) is 0 Å². The van der Waals surface area contributed by atoms with Gasteiger partial charge in [-0.25, -0.2) is 0 Å². The van der Waals surface area contributed by atoms with Crippen molar-refractivity contribution in [1.82, 2.24) is 10.6 Å². The van der Waals surface area contributed by atoms with Crippen molar-refractivity contribution in [2.75, 3.05) is 6.54 Å². The normalized spacial score (nSPS) is 28.9. The Balaban J connectivity index is 2.45. The van der Waals surface area contributed by atoms with Crippen LogP contribution in [-0.4, -0.2) is 30.7 Å². The zero-order valence-electron chi connectivity index (χ0n) is 7.11. The molecule has 0 aromatic carbocycles. The van der Waals surface area contributed by atoms with Crippen molar-refractivity contribution in [3.8, 4) is 0 Å². The molecule has 0 spiro atoms. The number of amides is 1. The summed E-state index contributed by atoms with van der Waals surface area (Å²) < 4.78 is 35.4. The van der Waals surface area contributed by atoms with Gasteiger partial charge in [0.1, 0.15) is 0 Å². The van der Waals surface area contributed by atoms with Crippen LogP contribution in [0.4, 0.5) is 13.2 Å². The monoisotopic (exact) mass is 196 g/mol. The van der Waals surface area contributed by atoms with E-state index in [9.17, 15) is 18.0 Å². The number of carbonyl (C=O) groups is 1. The molecule has 1 heterocycles. The minimum absolute atomic E-state index is 0.0914. The summed E-state index contributed by atoms with van der Waals surface area (Å²) >= 11 is 0. The predicted octanol–water partition coefficient (Wildman–Crippen LogP) is 0.415. The van der Waals surface area contributed by atoms with Crippen LogP contribution in [0.15, 0.2) is 0 Å². The second-order valence-corrected chi connectivity index (χ2v) is 3.11. The third kappa shape index (κ3) is 2.58. The second-order valence-electron chi connectivity index (χ2n) is 3.11. The average molecular weight is 196 g/mol. The number of alkyl halides is 3. The summed E-state index contributed by atoms with van der Waals surface area (Å²) in [6, 6.07) is -0.500. The highest BCUT2D eigenvalue weighted by Crippen LogP contribution is 2.16. The van der Waals surface area contributed by atoms with Crippen molar-refractivity contribution in [2.24, 2.45) is 0 Å². The van der Waals surface area contributed by atoms with Crippen molar-refractivity contribution in [3.63, 3.8) is 0 Å². The molecule has 76 valence electrons. The van der Waals surface area contributed by atoms with Crippen LogP contribution in [-0.2, 0) is 4.79 Å². The summed E-state index contributed by atoms with van der Waals surface area (Å²) in [7, 11) is 0. The molecule has 1 aliphatic rings. The minimum Gasteiger partial charge on any atom is -0.344 e. The highest BCUT2D eigenvalue weighted by molar-refractivity contribution is 5.82. The standard InChI is InChI=1S/C7H11F3N2O/c1-4-5(2-3-11-4)12-6(13)7(8,9)10/h4-5,11H,2-3H2,1H3,(H,12,13). The van der Waals surface area contributed by atoms with E-state index in [4.69, 9.17) is 0 Å². The fourth-order valence-corrected chi connectivity index (χ4v) is 1.31. The molecule has 0 saturated carbocycles. The largest absolute Gasteiger partial charge is 0.471 e. The van der Waals surface area contributed by atoms with Crippen molar-refractivity contribution < 1.29 is 18.0 Å². The maximum absolute atomic E-state index is 11.8. The van der Waals surface area contributed by atoms with Gasteiger partial charge in [0.15, 0.2) is 0 Å². The van der Waals surface area contributed by atoms with Gasteiger partial charge in [-0.2, -0.15) is 13.2 Å². The van der Waals surface area contributed by atoms with Crippen LogP contribution in [0.1, 0.15) is 13.3 Å². The molecular weight excluding hydrogens is 185 g/mol. The maximum Gasteiger partial charge on any atom is 0.471 e. The Labute approximate surface area is 73.7 Å². The summed E-state index contributed by atoms with van der Waals surface area (Å²) in [6.45, 7) is 2.39. The lowest BCUT2D eigenvalue weighted by Crippen LogP contribution is -2.47. The Hall–Kier alpha value is -0.780.